The second-order valence-electron chi connectivity index (χ2n) is 2.61. The van der Waals surface area contributed by atoms with Crippen LogP contribution in [0.5, 0.6) is 0 Å². The van der Waals surface area contributed by atoms with Crippen molar-refractivity contribution < 1.29 is 9.20 Å². The lowest BCUT2D eigenvalue weighted by Gasteiger charge is -1.93. The zero-order valence-corrected chi connectivity index (χ0v) is 9.17. The number of aromatic nitrogens is 2. The molecule has 0 spiro atoms. The molecule has 0 fully saturated rings. The van der Waals surface area contributed by atoms with Gasteiger partial charge in [0.15, 0.2) is 0 Å². The highest BCUT2D eigenvalue weighted by molar-refractivity contribution is 9.10. The fourth-order valence-electron chi connectivity index (χ4n) is 1.05. The zero-order valence-electron chi connectivity index (χ0n) is 6.83. The minimum absolute atomic E-state index is 0.455. The first-order chi connectivity index (χ1) is 6.66. The van der Waals surface area contributed by atoms with Crippen molar-refractivity contribution in [3.8, 4) is 5.69 Å². The second-order valence-corrected chi connectivity index (χ2v) is 3.93. The summed E-state index contributed by atoms with van der Waals surface area (Å²) in [6.07, 6.45) is 1.27. The Labute approximate surface area is 92.2 Å². The van der Waals surface area contributed by atoms with Crippen LogP contribution in [0.1, 0.15) is 0 Å². The molecule has 0 radical (unpaired) electrons. The van der Waals surface area contributed by atoms with Crippen LogP contribution in [-0.4, -0.2) is 5.27 Å². The maximum atomic E-state index is 10.8. The van der Waals surface area contributed by atoms with Crippen molar-refractivity contribution in [2.45, 2.75) is 0 Å². The van der Waals surface area contributed by atoms with E-state index < -0.39 is 5.63 Å². The van der Waals surface area contributed by atoms with Crippen molar-refractivity contribution in [3.63, 3.8) is 0 Å². The van der Waals surface area contributed by atoms with Crippen molar-refractivity contribution >= 4 is 27.5 Å². The lowest BCUT2D eigenvalue weighted by atomic mass is 10.3. The third-order valence-electron chi connectivity index (χ3n) is 1.65. The van der Waals surface area contributed by atoms with Crippen LogP contribution < -0.4 is 10.3 Å². The molecule has 0 atom stereocenters. The van der Waals surface area contributed by atoms with Crippen LogP contribution in [-0.2, 0) is 0 Å². The van der Waals surface area contributed by atoms with Crippen LogP contribution in [0.15, 0.2) is 38.2 Å². The van der Waals surface area contributed by atoms with Gasteiger partial charge in [-0.25, -0.2) is 4.79 Å². The Kier molecular flexibility index (Phi) is 2.43. The number of H-pyrrole nitrogens is 1. The Morgan fingerprint density at radius 3 is 2.86 bits per heavy atom. The van der Waals surface area contributed by atoms with Crippen LogP contribution in [0.4, 0.5) is 0 Å². The Bertz CT molecular complexity index is 520. The monoisotopic (exact) mass is 275 g/mol. The van der Waals surface area contributed by atoms with Crippen molar-refractivity contribution in [1.29, 1.82) is 0 Å². The smallest absolute Gasteiger partial charge is 0.283 e. The third-order valence-corrected chi connectivity index (χ3v) is 2.44. The molecule has 6 heteroatoms. The van der Waals surface area contributed by atoms with Crippen molar-refractivity contribution in [3.05, 3.63) is 44.3 Å². The number of hydrogen-bond acceptors (Lipinski definition) is 2. The number of aromatic amines is 1. The molecule has 1 heterocycles. The summed E-state index contributed by atoms with van der Waals surface area (Å²) < 4.78 is 6.80. The van der Waals surface area contributed by atoms with Crippen LogP contribution >= 0.6 is 27.5 Å². The standard InChI is InChI=1S/C8H4BrClN2O2/c9-5-1-2-7(6(10)3-5)12-4-8(13)14-11-12/h1-4H/p+1. The molecule has 4 nitrogen and oxygen atoms in total. The summed E-state index contributed by atoms with van der Waals surface area (Å²) in [6, 6.07) is 5.31. The quantitative estimate of drug-likeness (QED) is 0.805. The van der Waals surface area contributed by atoms with Gasteiger partial charge in [-0.15, -0.1) is 0 Å². The molecule has 72 valence electrons. The molecule has 0 bridgehead atoms. The normalized spacial score (nSPS) is 10.4. The van der Waals surface area contributed by atoms with Crippen LogP contribution in [0.3, 0.4) is 0 Å². The molecule has 0 aliphatic heterocycles. The number of nitrogens with zero attached hydrogens (tertiary/aromatic N) is 1. The highest BCUT2D eigenvalue weighted by atomic mass is 79.9. The summed E-state index contributed by atoms with van der Waals surface area (Å²) >= 11 is 9.24. The van der Waals surface area contributed by atoms with E-state index in [9.17, 15) is 4.79 Å². The highest BCUT2D eigenvalue weighted by Crippen LogP contribution is 2.20. The molecule has 0 saturated heterocycles. The number of benzene rings is 1. The molecular weight excluding hydrogens is 271 g/mol. The van der Waals surface area contributed by atoms with E-state index in [1.54, 1.807) is 12.1 Å². The summed E-state index contributed by atoms with van der Waals surface area (Å²) in [5.41, 5.74) is 0.199. The first-order valence-electron chi connectivity index (χ1n) is 3.72. The molecule has 0 aliphatic carbocycles. The predicted molar refractivity (Wildman–Crippen MR) is 53.6 cm³/mol. The molecule has 14 heavy (non-hydrogen) atoms. The van der Waals surface area contributed by atoms with Gasteiger partial charge in [-0.3, -0.25) is 4.52 Å². The number of nitrogens with one attached hydrogen (secondary N) is 1. The molecule has 0 unspecified atom stereocenters. The maximum Gasteiger partial charge on any atom is 0.427 e. The van der Waals surface area contributed by atoms with Gasteiger partial charge >= 0.3 is 5.63 Å². The lowest BCUT2D eigenvalue weighted by molar-refractivity contribution is -0.670. The molecule has 0 aliphatic rings. The summed E-state index contributed by atoms with van der Waals surface area (Å²) in [5.74, 6) is 0. The first kappa shape index (κ1) is 9.48. The van der Waals surface area contributed by atoms with E-state index in [-0.39, 0.29) is 0 Å². The van der Waals surface area contributed by atoms with E-state index >= 15 is 0 Å². The van der Waals surface area contributed by atoms with Crippen molar-refractivity contribution in [2.75, 3.05) is 0 Å². The fourth-order valence-corrected chi connectivity index (χ4v) is 1.81. The number of halogens is 2. The maximum absolute atomic E-state index is 10.8. The van der Waals surface area contributed by atoms with E-state index in [1.807, 2.05) is 6.07 Å². The molecule has 0 amide bonds. The van der Waals surface area contributed by atoms with Gasteiger partial charge in [0.25, 0.3) is 11.9 Å². The Hall–Kier alpha value is -1.07. The van der Waals surface area contributed by atoms with Gasteiger partial charge in [-0.2, -0.15) is 0 Å². The molecular formula is C8H5BrClN2O2+. The molecule has 1 N–H and O–H groups in total. The topological polar surface area (TPSA) is 49.9 Å². The van der Waals surface area contributed by atoms with Gasteiger partial charge in [0.2, 0.25) is 0 Å². The first-order valence-corrected chi connectivity index (χ1v) is 4.89. The molecule has 1 aromatic heterocycles. The molecule has 1 aromatic carbocycles. The Morgan fingerprint density at radius 2 is 2.29 bits per heavy atom. The largest absolute Gasteiger partial charge is 0.427 e. The van der Waals surface area contributed by atoms with Gasteiger partial charge in [0, 0.05) is 10.5 Å². The number of rotatable bonds is 1. The van der Waals surface area contributed by atoms with Crippen LogP contribution in [0, 0.1) is 0 Å². The summed E-state index contributed by atoms with van der Waals surface area (Å²) in [5, 5.41) is 2.93. The minimum atomic E-state index is -0.455. The van der Waals surface area contributed by atoms with Gasteiger partial charge in [0.1, 0.15) is 5.02 Å². The average Bonchev–Trinajstić information content (AvgIpc) is 2.51. The van der Waals surface area contributed by atoms with Crippen LogP contribution in [0.25, 0.3) is 5.69 Å². The third kappa shape index (κ3) is 1.73. The summed E-state index contributed by atoms with van der Waals surface area (Å²) in [7, 11) is 0. The average molecular weight is 276 g/mol. The Balaban J connectivity index is 2.57. The Morgan fingerprint density at radius 1 is 1.50 bits per heavy atom. The van der Waals surface area contributed by atoms with E-state index in [1.165, 1.54) is 10.9 Å². The van der Waals surface area contributed by atoms with E-state index in [4.69, 9.17) is 11.6 Å². The minimum Gasteiger partial charge on any atom is -0.283 e. The van der Waals surface area contributed by atoms with Gasteiger partial charge in [-0.1, -0.05) is 27.5 Å². The molecule has 0 saturated carbocycles. The van der Waals surface area contributed by atoms with Gasteiger partial charge in [-0.05, 0) is 22.1 Å². The van der Waals surface area contributed by atoms with E-state index in [2.05, 4.69) is 25.7 Å². The zero-order chi connectivity index (χ0) is 10.1. The SMILES string of the molecule is O=c1c[n+](-c2ccc(Br)cc2Cl)[nH]o1. The van der Waals surface area contributed by atoms with Crippen molar-refractivity contribution in [2.24, 2.45) is 0 Å². The van der Waals surface area contributed by atoms with Crippen LogP contribution in [0.2, 0.25) is 5.02 Å². The van der Waals surface area contributed by atoms with Crippen molar-refractivity contribution in [1.82, 2.24) is 5.27 Å². The lowest BCUT2D eigenvalue weighted by Crippen LogP contribution is -2.32. The van der Waals surface area contributed by atoms with Gasteiger partial charge < -0.3 is 0 Å². The summed E-state index contributed by atoms with van der Waals surface area (Å²) in [4.78, 5) is 10.8. The predicted octanol–water partition coefficient (Wildman–Crippen LogP) is 1.66. The fraction of sp³-hybridized carbons (Fsp3) is 0. The molecule has 2 rings (SSSR count). The van der Waals surface area contributed by atoms with Gasteiger partial charge in [0.05, 0.1) is 0 Å². The number of hydrogen-bond donors (Lipinski definition) is 1. The molecule has 2 aromatic rings. The van der Waals surface area contributed by atoms with E-state index in [0.717, 1.165) is 4.47 Å². The second kappa shape index (κ2) is 3.59. The highest BCUT2D eigenvalue weighted by Gasteiger charge is 2.14. The van der Waals surface area contributed by atoms with E-state index in [0.29, 0.717) is 10.7 Å². The summed E-state index contributed by atoms with van der Waals surface area (Å²) in [6.45, 7) is 0.